The Morgan fingerprint density at radius 3 is 2.78 bits per heavy atom. The Labute approximate surface area is 108 Å². The lowest BCUT2D eigenvalue weighted by atomic mass is 9.89. The fourth-order valence-electron chi connectivity index (χ4n) is 2.55. The van der Waals surface area contributed by atoms with Crippen molar-refractivity contribution in [3.63, 3.8) is 0 Å². The van der Waals surface area contributed by atoms with Crippen LogP contribution in [-0.2, 0) is 15.2 Å². The van der Waals surface area contributed by atoms with Gasteiger partial charge in [0.25, 0.3) is 0 Å². The average molecular weight is 248 g/mol. The molecule has 1 fully saturated rings. The van der Waals surface area contributed by atoms with E-state index in [1.807, 2.05) is 35.2 Å². The number of ether oxygens (including phenoxy) is 1. The van der Waals surface area contributed by atoms with E-state index in [9.17, 15) is 4.79 Å². The number of hydrogen-bond acceptors (Lipinski definition) is 4. The van der Waals surface area contributed by atoms with Gasteiger partial charge in [0.15, 0.2) is 0 Å². The van der Waals surface area contributed by atoms with E-state index in [-0.39, 0.29) is 12.5 Å². The normalized spacial score (nSPS) is 24.8. The Morgan fingerprint density at radius 1 is 1.39 bits per heavy atom. The fourth-order valence-corrected chi connectivity index (χ4v) is 2.55. The molecule has 0 unspecified atom stereocenters. The Balaban J connectivity index is 2.23. The second-order valence-corrected chi connectivity index (χ2v) is 4.75. The maximum atomic E-state index is 11.5. The van der Waals surface area contributed by atoms with Gasteiger partial charge in [-0.25, -0.2) is 0 Å². The van der Waals surface area contributed by atoms with Gasteiger partial charge < -0.3 is 10.5 Å². The number of carbonyl (C=O) groups excluding carboxylic acids is 1. The van der Waals surface area contributed by atoms with E-state index < -0.39 is 5.66 Å². The third-order valence-corrected chi connectivity index (χ3v) is 3.62. The smallest absolute Gasteiger partial charge is 0.319 e. The van der Waals surface area contributed by atoms with Crippen molar-refractivity contribution in [1.82, 2.24) is 4.90 Å². The average Bonchev–Trinajstić information content (AvgIpc) is 2.42. The van der Waals surface area contributed by atoms with Crippen molar-refractivity contribution in [2.24, 2.45) is 5.73 Å². The Kier molecular flexibility index (Phi) is 3.99. The van der Waals surface area contributed by atoms with Gasteiger partial charge in [-0.2, -0.15) is 0 Å². The fraction of sp³-hybridized carbons (Fsp3) is 0.500. The summed E-state index contributed by atoms with van der Waals surface area (Å²) in [4.78, 5) is 13.5. The van der Waals surface area contributed by atoms with Crippen LogP contribution in [-0.4, -0.2) is 31.1 Å². The van der Waals surface area contributed by atoms with Crippen molar-refractivity contribution >= 4 is 5.97 Å². The molecule has 2 rings (SSSR count). The van der Waals surface area contributed by atoms with Crippen molar-refractivity contribution in [2.75, 3.05) is 20.2 Å². The van der Waals surface area contributed by atoms with Crippen molar-refractivity contribution < 1.29 is 9.53 Å². The molecule has 1 aliphatic heterocycles. The van der Waals surface area contributed by atoms with Gasteiger partial charge in [-0.3, -0.25) is 9.69 Å². The highest BCUT2D eigenvalue weighted by Crippen LogP contribution is 2.32. The molecule has 1 aromatic rings. The molecular weight excluding hydrogens is 228 g/mol. The monoisotopic (exact) mass is 248 g/mol. The van der Waals surface area contributed by atoms with Crippen LogP contribution in [0.5, 0.6) is 0 Å². The molecule has 0 saturated carbocycles. The highest BCUT2D eigenvalue weighted by atomic mass is 16.5. The summed E-state index contributed by atoms with van der Waals surface area (Å²) in [7, 11) is 1.41. The van der Waals surface area contributed by atoms with Gasteiger partial charge in [0.1, 0.15) is 0 Å². The van der Waals surface area contributed by atoms with Crippen molar-refractivity contribution in [2.45, 2.75) is 24.9 Å². The molecule has 98 valence electrons. The number of benzene rings is 1. The van der Waals surface area contributed by atoms with Gasteiger partial charge in [-0.05, 0) is 24.8 Å². The molecule has 2 N–H and O–H groups in total. The van der Waals surface area contributed by atoms with E-state index in [0.29, 0.717) is 0 Å². The number of rotatable bonds is 3. The minimum Gasteiger partial charge on any atom is -0.468 e. The highest BCUT2D eigenvalue weighted by Gasteiger charge is 2.37. The largest absolute Gasteiger partial charge is 0.468 e. The zero-order valence-corrected chi connectivity index (χ0v) is 10.8. The minimum absolute atomic E-state index is 0.234. The first kappa shape index (κ1) is 13.1. The highest BCUT2D eigenvalue weighted by molar-refractivity contribution is 5.71. The SMILES string of the molecule is COC(=O)CN1CCCC[C@@]1(N)c1ccccc1. The molecule has 0 radical (unpaired) electrons. The number of likely N-dealkylation sites (tertiary alicyclic amines) is 1. The first-order chi connectivity index (χ1) is 8.66. The Morgan fingerprint density at radius 2 is 2.11 bits per heavy atom. The number of nitrogens with two attached hydrogens (primary N) is 1. The summed E-state index contributed by atoms with van der Waals surface area (Å²) >= 11 is 0. The van der Waals surface area contributed by atoms with Gasteiger partial charge >= 0.3 is 5.97 Å². The van der Waals surface area contributed by atoms with E-state index in [1.165, 1.54) is 7.11 Å². The summed E-state index contributed by atoms with van der Waals surface area (Å²) in [6, 6.07) is 9.98. The third kappa shape index (κ3) is 2.54. The molecule has 1 heterocycles. The molecule has 1 atom stereocenters. The quantitative estimate of drug-likeness (QED) is 0.823. The van der Waals surface area contributed by atoms with E-state index in [4.69, 9.17) is 10.5 Å². The number of hydrogen-bond donors (Lipinski definition) is 1. The first-order valence-corrected chi connectivity index (χ1v) is 6.33. The van der Waals surface area contributed by atoms with Crippen LogP contribution in [0.15, 0.2) is 30.3 Å². The lowest BCUT2D eigenvalue weighted by Gasteiger charge is -2.44. The van der Waals surface area contributed by atoms with Crippen LogP contribution in [0.25, 0.3) is 0 Å². The zero-order chi connectivity index (χ0) is 13.0. The molecule has 1 aliphatic rings. The molecule has 4 nitrogen and oxygen atoms in total. The Bertz CT molecular complexity index is 408. The first-order valence-electron chi connectivity index (χ1n) is 6.33. The molecule has 1 aromatic carbocycles. The summed E-state index contributed by atoms with van der Waals surface area (Å²) in [5.74, 6) is -0.234. The topological polar surface area (TPSA) is 55.6 Å². The maximum absolute atomic E-state index is 11.5. The maximum Gasteiger partial charge on any atom is 0.319 e. The lowest BCUT2D eigenvalue weighted by Crippen LogP contribution is -2.57. The summed E-state index contributed by atoms with van der Waals surface area (Å²) in [5.41, 5.74) is 7.06. The second-order valence-electron chi connectivity index (χ2n) is 4.75. The van der Waals surface area contributed by atoms with Crippen molar-refractivity contribution in [3.8, 4) is 0 Å². The number of piperidine rings is 1. The van der Waals surface area contributed by atoms with Gasteiger partial charge in [-0.15, -0.1) is 0 Å². The van der Waals surface area contributed by atoms with Crippen LogP contribution in [0, 0.1) is 0 Å². The van der Waals surface area contributed by atoms with Crippen LogP contribution in [0.3, 0.4) is 0 Å². The molecule has 18 heavy (non-hydrogen) atoms. The number of carbonyl (C=O) groups is 1. The van der Waals surface area contributed by atoms with E-state index in [0.717, 1.165) is 31.4 Å². The van der Waals surface area contributed by atoms with Gasteiger partial charge in [0, 0.05) is 6.54 Å². The molecule has 1 saturated heterocycles. The molecule has 0 aliphatic carbocycles. The lowest BCUT2D eigenvalue weighted by molar-refractivity contribution is -0.144. The molecule has 0 bridgehead atoms. The predicted molar refractivity (Wildman–Crippen MR) is 69.7 cm³/mol. The van der Waals surface area contributed by atoms with Gasteiger partial charge in [-0.1, -0.05) is 30.3 Å². The summed E-state index contributed by atoms with van der Waals surface area (Å²) in [6.07, 6.45) is 3.03. The van der Waals surface area contributed by atoms with Crippen molar-refractivity contribution in [1.29, 1.82) is 0 Å². The van der Waals surface area contributed by atoms with Crippen LogP contribution < -0.4 is 5.73 Å². The van der Waals surface area contributed by atoms with Crippen LogP contribution in [0.1, 0.15) is 24.8 Å². The zero-order valence-electron chi connectivity index (χ0n) is 10.8. The van der Waals surface area contributed by atoms with Crippen LogP contribution >= 0.6 is 0 Å². The second kappa shape index (κ2) is 5.50. The van der Waals surface area contributed by atoms with E-state index in [1.54, 1.807) is 0 Å². The van der Waals surface area contributed by atoms with E-state index >= 15 is 0 Å². The molecular formula is C14H20N2O2. The Hall–Kier alpha value is -1.39. The summed E-state index contributed by atoms with van der Waals surface area (Å²) in [5, 5.41) is 0. The third-order valence-electron chi connectivity index (χ3n) is 3.62. The van der Waals surface area contributed by atoms with Crippen LogP contribution in [0.2, 0.25) is 0 Å². The standard InChI is InChI=1S/C14H20N2O2/c1-18-13(17)11-16-10-6-5-9-14(16,15)12-7-3-2-4-8-12/h2-4,7-8H,5-6,9-11,15H2,1H3/t14-/m0/s1. The van der Waals surface area contributed by atoms with Crippen LogP contribution in [0.4, 0.5) is 0 Å². The van der Waals surface area contributed by atoms with Gasteiger partial charge in [0.2, 0.25) is 0 Å². The number of esters is 1. The van der Waals surface area contributed by atoms with Gasteiger partial charge in [0.05, 0.1) is 19.3 Å². The molecule has 0 amide bonds. The number of methoxy groups -OCH3 is 1. The number of nitrogens with zero attached hydrogens (tertiary/aromatic N) is 1. The predicted octanol–water partition coefficient (Wildman–Crippen LogP) is 1.46. The summed E-state index contributed by atoms with van der Waals surface area (Å²) in [6.45, 7) is 1.09. The molecule has 0 aromatic heterocycles. The minimum atomic E-state index is -0.548. The van der Waals surface area contributed by atoms with E-state index in [2.05, 4.69) is 0 Å². The molecule has 4 heteroatoms. The molecule has 0 spiro atoms. The van der Waals surface area contributed by atoms with Crippen molar-refractivity contribution in [3.05, 3.63) is 35.9 Å². The summed E-state index contributed by atoms with van der Waals surface area (Å²) < 4.78 is 4.75.